The van der Waals surface area contributed by atoms with Crippen molar-refractivity contribution in [2.75, 3.05) is 13.7 Å². The maximum atomic E-state index is 12.8. The fourth-order valence-corrected chi connectivity index (χ4v) is 2.16. The molecule has 0 aliphatic rings. The van der Waals surface area contributed by atoms with Gasteiger partial charge in [0.2, 0.25) is 0 Å². The Bertz CT molecular complexity index is 805. The smallest absolute Gasteiger partial charge is 0.338 e. The van der Waals surface area contributed by atoms with Crippen LogP contribution in [0.5, 0.6) is 0 Å². The Morgan fingerprint density at radius 1 is 1.16 bits per heavy atom. The van der Waals surface area contributed by atoms with Crippen molar-refractivity contribution in [2.24, 2.45) is 0 Å². The van der Waals surface area contributed by atoms with Crippen molar-refractivity contribution in [1.82, 2.24) is 5.32 Å². The van der Waals surface area contributed by atoms with Gasteiger partial charge in [-0.25, -0.2) is 9.18 Å². The topological polar surface area (TPSA) is 98.5 Å². The number of esters is 1. The van der Waals surface area contributed by atoms with Crippen LogP contribution >= 0.6 is 0 Å². The van der Waals surface area contributed by atoms with E-state index in [1.807, 2.05) is 0 Å². The summed E-state index contributed by atoms with van der Waals surface area (Å²) in [6.45, 7) is 0.251. The number of carbonyl (C=O) groups excluding carboxylic acids is 2. The predicted molar refractivity (Wildman–Crippen MR) is 86.9 cm³/mol. The largest absolute Gasteiger partial charge is 0.465 e. The number of halogens is 1. The first-order valence-corrected chi connectivity index (χ1v) is 7.31. The summed E-state index contributed by atoms with van der Waals surface area (Å²) in [5.74, 6) is -1.68. The maximum Gasteiger partial charge on any atom is 0.338 e. The van der Waals surface area contributed by atoms with Crippen LogP contribution in [-0.4, -0.2) is 30.5 Å². The molecule has 1 N–H and O–H groups in total. The second-order valence-electron chi connectivity index (χ2n) is 5.15. The third-order valence-electron chi connectivity index (χ3n) is 3.42. The van der Waals surface area contributed by atoms with E-state index in [0.29, 0.717) is 6.42 Å². The molecule has 130 valence electrons. The first-order valence-electron chi connectivity index (χ1n) is 7.31. The molecule has 2 aromatic rings. The molecule has 2 aromatic carbocycles. The molecule has 7 nitrogen and oxygen atoms in total. The van der Waals surface area contributed by atoms with Gasteiger partial charge in [0.05, 0.1) is 17.6 Å². The molecule has 0 fully saturated rings. The molecule has 0 saturated carbocycles. The normalized spacial score (nSPS) is 10.2. The van der Waals surface area contributed by atoms with Gasteiger partial charge in [-0.05, 0) is 30.2 Å². The Kier molecular flexibility index (Phi) is 5.78. The van der Waals surface area contributed by atoms with Gasteiger partial charge in [-0.2, -0.15) is 0 Å². The second-order valence-corrected chi connectivity index (χ2v) is 5.15. The molecule has 25 heavy (non-hydrogen) atoms. The van der Waals surface area contributed by atoms with Crippen LogP contribution < -0.4 is 5.32 Å². The number of non-ortho nitro benzene ring substituents is 1. The van der Waals surface area contributed by atoms with E-state index in [0.717, 1.165) is 24.8 Å². The number of nitro groups is 1. The summed E-state index contributed by atoms with van der Waals surface area (Å²) in [6.07, 6.45) is 0.463. The Morgan fingerprint density at radius 2 is 1.80 bits per heavy atom. The lowest BCUT2D eigenvalue weighted by molar-refractivity contribution is -0.384. The van der Waals surface area contributed by atoms with Crippen LogP contribution in [0.1, 0.15) is 26.3 Å². The van der Waals surface area contributed by atoms with Crippen molar-refractivity contribution in [1.29, 1.82) is 0 Å². The molecule has 0 saturated heterocycles. The molecule has 0 atom stereocenters. The minimum atomic E-state index is -0.774. The average molecular weight is 346 g/mol. The highest BCUT2D eigenvalue weighted by Crippen LogP contribution is 2.18. The quantitative estimate of drug-likeness (QED) is 0.492. The molecule has 0 unspecified atom stereocenters. The van der Waals surface area contributed by atoms with Crippen molar-refractivity contribution in [3.05, 3.63) is 75.1 Å². The van der Waals surface area contributed by atoms with E-state index in [-0.39, 0.29) is 29.2 Å². The number of methoxy groups -OCH3 is 1. The molecule has 8 heteroatoms. The lowest BCUT2D eigenvalue weighted by atomic mass is 10.1. The van der Waals surface area contributed by atoms with Crippen molar-refractivity contribution in [3.8, 4) is 0 Å². The van der Waals surface area contributed by atoms with Crippen molar-refractivity contribution < 1.29 is 23.6 Å². The van der Waals surface area contributed by atoms with Gasteiger partial charge in [0.15, 0.2) is 0 Å². The van der Waals surface area contributed by atoms with Gasteiger partial charge in [-0.1, -0.05) is 12.1 Å². The second kappa shape index (κ2) is 8.00. The van der Waals surface area contributed by atoms with E-state index >= 15 is 0 Å². The van der Waals surface area contributed by atoms with Crippen LogP contribution in [-0.2, 0) is 11.2 Å². The van der Waals surface area contributed by atoms with Crippen LogP contribution in [0.2, 0.25) is 0 Å². The van der Waals surface area contributed by atoms with E-state index < -0.39 is 16.8 Å². The Labute approximate surface area is 142 Å². The first kappa shape index (κ1) is 18.1. The highest BCUT2D eigenvalue weighted by molar-refractivity contribution is 5.98. The summed E-state index contributed by atoms with van der Waals surface area (Å²) in [4.78, 5) is 34.0. The summed E-state index contributed by atoms with van der Waals surface area (Å²) >= 11 is 0. The van der Waals surface area contributed by atoms with Gasteiger partial charge in [-0.15, -0.1) is 0 Å². The Balaban J connectivity index is 2.09. The van der Waals surface area contributed by atoms with Crippen molar-refractivity contribution in [2.45, 2.75) is 6.42 Å². The lowest BCUT2D eigenvalue weighted by Crippen LogP contribution is -2.26. The van der Waals surface area contributed by atoms with Gasteiger partial charge in [0, 0.05) is 24.2 Å². The van der Waals surface area contributed by atoms with Gasteiger partial charge in [0.25, 0.3) is 11.6 Å². The van der Waals surface area contributed by atoms with E-state index in [1.165, 1.54) is 18.2 Å². The number of amides is 1. The summed E-state index contributed by atoms with van der Waals surface area (Å²) in [7, 11) is 1.14. The van der Waals surface area contributed by atoms with Crippen LogP contribution in [0.25, 0.3) is 0 Å². The Hall–Kier alpha value is -3.29. The molecule has 0 aromatic heterocycles. The number of benzene rings is 2. The van der Waals surface area contributed by atoms with E-state index in [2.05, 4.69) is 10.1 Å². The minimum Gasteiger partial charge on any atom is -0.465 e. The van der Waals surface area contributed by atoms with Crippen LogP contribution in [0.15, 0.2) is 42.5 Å². The molecule has 1 amide bonds. The van der Waals surface area contributed by atoms with Gasteiger partial charge >= 0.3 is 5.97 Å². The number of nitrogens with zero attached hydrogens (tertiary/aromatic N) is 1. The summed E-state index contributed by atoms with van der Waals surface area (Å²) in [5.41, 5.74) is 0.344. The van der Waals surface area contributed by atoms with Gasteiger partial charge < -0.3 is 10.1 Å². The molecule has 0 spiro atoms. The zero-order chi connectivity index (χ0) is 18.4. The van der Waals surface area contributed by atoms with E-state index in [1.54, 1.807) is 12.1 Å². The predicted octanol–water partition coefficient (Wildman–Crippen LogP) is 2.49. The molecule has 0 aliphatic heterocycles. The fraction of sp³-hybridized carbons (Fsp3) is 0.176. The van der Waals surface area contributed by atoms with E-state index in [9.17, 15) is 24.1 Å². The minimum absolute atomic E-state index is 0.0197. The molecular formula is C17H15FN2O5. The van der Waals surface area contributed by atoms with E-state index in [4.69, 9.17) is 0 Å². The number of hydrogen-bond donors (Lipinski definition) is 1. The number of nitro benzene ring substituents is 1. The molecule has 0 bridgehead atoms. The number of ether oxygens (including phenoxy) is 1. The molecule has 0 radical (unpaired) electrons. The lowest BCUT2D eigenvalue weighted by Gasteiger charge is -2.07. The molecule has 0 aliphatic carbocycles. The number of hydrogen-bond acceptors (Lipinski definition) is 5. The monoisotopic (exact) mass is 346 g/mol. The molecular weight excluding hydrogens is 331 g/mol. The van der Waals surface area contributed by atoms with Crippen molar-refractivity contribution in [3.63, 3.8) is 0 Å². The average Bonchev–Trinajstić information content (AvgIpc) is 2.62. The third-order valence-corrected chi connectivity index (χ3v) is 3.42. The highest BCUT2D eigenvalue weighted by Gasteiger charge is 2.18. The number of carbonyl (C=O) groups is 2. The van der Waals surface area contributed by atoms with Crippen LogP contribution in [0.3, 0.4) is 0 Å². The number of rotatable bonds is 6. The van der Waals surface area contributed by atoms with Crippen LogP contribution in [0.4, 0.5) is 10.1 Å². The number of nitrogens with one attached hydrogen (secondary N) is 1. The SMILES string of the molecule is COC(=O)c1cc(C(=O)NCCc2ccc(F)cc2)cc([N+](=O)[O-])c1. The standard InChI is InChI=1S/C17H15FN2O5/c1-25-17(22)13-8-12(9-15(10-13)20(23)24)16(21)19-7-6-11-2-4-14(18)5-3-11/h2-5,8-10H,6-7H2,1H3,(H,19,21). The fourth-order valence-electron chi connectivity index (χ4n) is 2.16. The Morgan fingerprint density at radius 3 is 2.40 bits per heavy atom. The molecule has 0 heterocycles. The van der Waals surface area contributed by atoms with Crippen molar-refractivity contribution >= 4 is 17.6 Å². The van der Waals surface area contributed by atoms with Gasteiger partial charge in [0.1, 0.15) is 5.82 Å². The molecule has 2 rings (SSSR count). The van der Waals surface area contributed by atoms with Crippen LogP contribution in [0, 0.1) is 15.9 Å². The summed E-state index contributed by atoms with van der Waals surface area (Å²) in [5, 5.41) is 13.6. The third kappa shape index (κ3) is 4.84. The maximum absolute atomic E-state index is 12.8. The zero-order valence-electron chi connectivity index (χ0n) is 13.3. The highest BCUT2D eigenvalue weighted by atomic mass is 19.1. The summed E-state index contributed by atoms with van der Waals surface area (Å²) < 4.78 is 17.4. The first-order chi connectivity index (χ1) is 11.9. The zero-order valence-corrected chi connectivity index (χ0v) is 13.3. The summed E-state index contributed by atoms with van der Waals surface area (Å²) in [6, 6.07) is 9.20. The van der Waals surface area contributed by atoms with Gasteiger partial charge in [-0.3, -0.25) is 14.9 Å².